The Bertz CT molecular complexity index is 239. The van der Waals surface area contributed by atoms with Crippen LogP contribution in [0.1, 0.15) is 17.4 Å². The van der Waals surface area contributed by atoms with Gasteiger partial charge >= 0.3 is 0 Å². The maximum absolute atomic E-state index is 9.34. The number of pyridine rings is 1. The van der Waals surface area contributed by atoms with Crippen molar-refractivity contribution in [3.63, 3.8) is 0 Å². The van der Waals surface area contributed by atoms with Crippen LogP contribution in [0.5, 0.6) is 0 Å². The molecule has 0 saturated carbocycles. The normalized spacial score (nSPS) is 13.0. The Balaban J connectivity index is 2.93. The number of aromatic nitrogens is 1. The fourth-order valence-corrected chi connectivity index (χ4v) is 1.10. The van der Waals surface area contributed by atoms with Crippen LogP contribution in [0.25, 0.3) is 0 Å². The molecule has 2 nitrogen and oxygen atoms in total. The summed E-state index contributed by atoms with van der Waals surface area (Å²) >= 11 is 5.48. The average Bonchev–Trinajstić information content (AvgIpc) is 2.04. The van der Waals surface area contributed by atoms with Crippen LogP contribution in [0.3, 0.4) is 0 Å². The Morgan fingerprint density at radius 3 is 3.00 bits per heavy atom. The van der Waals surface area contributed by atoms with Crippen molar-refractivity contribution >= 4 is 11.6 Å². The molecule has 0 bridgehead atoms. The van der Waals surface area contributed by atoms with E-state index in [2.05, 4.69) is 4.98 Å². The molecule has 0 aliphatic carbocycles. The van der Waals surface area contributed by atoms with Gasteiger partial charge in [0.2, 0.25) is 0 Å². The zero-order valence-electron chi connectivity index (χ0n) is 6.29. The fourth-order valence-electron chi connectivity index (χ4n) is 0.932. The Labute approximate surface area is 70.8 Å². The molecule has 3 heteroatoms. The van der Waals surface area contributed by atoms with Gasteiger partial charge in [0.25, 0.3) is 0 Å². The van der Waals surface area contributed by atoms with E-state index in [-0.39, 0.29) is 5.88 Å². The minimum Gasteiger partial charge on any atom is -0.387 e. The first kappa shape index (κ1) is 8.50. The third kappa shape index (κ3) is 1.91. The van der Waals surface area contributed by atoms with E-state index in [0.717, 1.165) is 11.3 Å². The van der Waals surface area contributed by atoms with E-state index in [1.54, 1.807) is 12.3 Å². The van der Waals surface area contributed by atoms with Gasteiger partial charge in [0.1, 0.15) is 0 Å². The first-order chi connectivity index (χ1) is 5.25. The molecule has 1 unspecified atom stereocenters. The van der Waals surface area contributed by atoms with Gasteiger partial charge in [0, 0.05) is 17.5 Å². The highest BCUT2D eigenvalue weighted by Crippen LogP contribution is 2.15. The molecule has 1 aromatic heterocycles. The summed E-state index contributed by atoms with van der Waals surface area (Å²) in [5.41, 5.74) is 1.64. The van der Waals surface area contributed by atoms with Crippen LogP contribution in [0.15, 0.2) is 18.3 Å². The van der Waals surface area contributed by atoms with Crippen LogP contribution in [0, 0.1) is 6.92 Å². The predicted octanol–water partition coefficient (Wildman–Crippen LogP) is 1.66. The second-order valence-corrected chi connectivity index (χ2v) is 2.66. The zero-order chi connectivity index (χ0) is 8.27. The summed E-state index contributed by atoms with van der Waals surface area (Å²) in [5.74, 6) is 0.215. The van der Waals surface area contributed by atoms with Crippen molar-refractivity contribution in [2.24, 2.45) is 0 Å². The van der Waals surface area contributed by atoms with E-state index in [4.69, 9.17) is 11.6 Å². The smallest absolute Gasteiger partial charge is 0.0942 e. The Morgan fingerprint density at radius 2 is 2.45 bits per heavy atom. The Hall–Kier alpha value is -0.600. The van der Waals surface area contributed by atoms with Crippen molar-refractivity contribution in [1.82, 2.24) is 4.98 Å². The first-order valence-corrected chi connectivity index (χ1v) is 3.94. The van der Waals surface area contributed by atoms with Crippen molar-refractivity contribution < 1.29 is 5.11 Å². The number of rotatable bonds is 2. The molecule has 11 heavy (non-hydrogen) atoms. The van der Waals surface area contributed by atoms with Crippen molar-refractivity contribution in [3.8, 4) is 0 Å². The monoisotopic (exact) mass is 171 g/mol. The standard InChI is InChI=1S/C8H10ClNO/c1-6-7(8(11)5-9)3-2-4-10-6/h2-4,8,11H,5H2,1H3. The largest absolute Gasteiger partial charge is 0.387 e. The molecule has 0 saturated heterocycles. The van der Waals surface area contributed by atoms with Crippen LogP contribution in [0.4, 0.5) is 0 Å². The van der Waals surface area contributed by atoms with Gasteiger partial charge in [-0.2, -0.15) is 0 Å². The molecule has 0 amide bonds. The lowest BCUT2D eigenvalue weighted by Crippen LogP contribution is -2.01. The maximum Gasteiger partial charge on any atom is 0.0942 e. The average molecular weight is 172 g/mol. The molecule has 0 aliphatic heterocycles. The summed E-state index contributed by atoms with van der Waals surface area (Å²) in [5, 5.41) is 9.34. The second kappa shape index (κ2) is 3.69. The van der Waals surface area contributed by atoms with Crippen LogP contribution in [-0.2, 0) is 0 Å². The number of nitrogens with zero attached hydrogens (tertiary/aromatic N) is 1. The SMILES string of the molecule is Cc1ncccc1C(O)CCl. The number of alkyl halides is 1. The van der Waals surface area contributed by atoms with Crippen LogP contribution >= 0.6 is 11.6 Å². The summed E-state index contributed by atoms with van der Waals surface area (Å²) < 4.78 is 0. The summed E-state index contributed by atoms with van der Waals surface area (Å²) in [7, 11) is 0. The molecule has 0 aromatic carbocycles. The van der Waals surface area contributed by atoms with Crippen LogP contribution in [0.2, 0.25) is 0 Å². The summed E-state index contributed by atoms with van der Waals surface area (Å²) in [6.45, 7) is 1.85. The quantitative estimate of drug-likeness (QED) is 0.687. The summed E-state index contributed by atoms with van der Waals surface area (Å²) in [4.78, 5) is 4.03. The summed E-state index contributed by atoms with van der Waals surface area (Å²) in [6, 6.07) is 3.62. The third-order valence-corrected chi connectivity index (χ3v) is 1.85. The minimum absolute atomic E-state index is 0.215. The van der Waals surface area contributed by atoms with Gasteiger partial charge in [-0.15, -0.1) is 11.6 Å². The van der Waals surface area contributed by atoms with Gasteiger partial charge in [0.05, 0.1) is 12.0 Å². The number of hydrogen-bond acceptors (Lipinski definition) is 2. The van der Waals surface area contributed by atoms with Gasteiger partial charge in [-0.1, -0.05) is 6.07 Å². The lowest BCUT2D eigenvalue weighted by molar-refractivity contribution is 0.201. The van der Waals surface area contributed by atoms with E-state index < -0.39 is 6.10 Å². The zero-order valence-corrected chi connectivity index (χ0v) is 7.04. The Morgan fingerprint density at radius 1 is 1.73 bits per heavy atom. The molecule has 60 valence electrons. The number of halogens is 1. The molecule has 0 aliphatic rings. The first-order valence-electron chi connectivity index (χ1n) is 3.41. The van der Waals surface area contributed by atoms with Gasteiger partial charge in [0.15, 0.2) is 0 Å². The van der Waals surface area contributed by atoms with E-state index in [9.17, 15) is 5.11 Å². The van der Waals surface area contributed by atoms with E-state index in [0.29, 0.717) is 0 Å². The highest BCUT2D eigenvalue weighted by molar-refractivity contribution is 6.18. The molecule has 0 spiro atoms. The topological polar surface area (TPSA) is 33.1 Å². The number of aryl methyl sites for hydroxylation is 1. The highest BCUT2D eigenvalue weighted by atomic mass is 35.5. The molecule has 1 aromatic rings. The van der Waals surface area contributed by atoms with Crippen LogP contribution in [-0.4, -0.2) is 16.0 Å². The van der Waals surface area contributed by atoms with E-state index in [1.165, 1.54) is 0 Å². The third-order valence-electron chi connectivity index (χ3n) is 1.55. The maximum atomic E-state index is 9.34. The molecular formula is C8H10ClNO. The predicted molar refractivity (Wildman–Crippen MR) is 44.7 cm³/mol. The lowest BCUT2D eigenvalue weighted by atomic mass is 10.1. The number of aliphatic hydroxyl groups is 1. The number of aliphatic hydroxyl groups excluding tert-OH is 1. The fraction of sp³-hybridized carbons (Fsp3) is 0.375. The Kier molecular flexibility index (Phi) is 2.85. The second-order valence-electron chi connectivity index (χ2n) is 2.35. The van der Waals surface area contributed by atoms with Gasteiger partial charge in [-0.25, -0.2) is 0 Å². The van der Waals surface area contributed by atoms with E-state index >= 15 is 0 Å². The van der Waals surface area contributed by atoms with Crippen molar-refractivity contribution in [3.05, 3.63) is 29.6 Å². The highest BCUT2D eigenvalue weighted by Gasteiger charge is 2.07. The molecule has 0 radical (unpaired) electrons. The van der Waals surface area contributed by atoms with Gasteiger partial charge in [-0.05, 0) is 13.0 Å². The lowest BCUT2D eigenvalue weighted by Gasteiger charge is -2.08. The van der Waals surface area contributed by atoms with Crippen molar-refractivity contribution in [1.29, 1.82) is 0 Å². The van der Waals surface area contributed by atoms with Crippen LogP contribution < -0.4 is 0 Å². The summed E-state index contributed by atoms with van der Waals surface area (Å²) in [6.07, 6.45) is 1.10. The van der Waals surface area contributed by atoms with Crippen molar-refractivity contribution in [2.45, 2.75) is 13.0 Å². The molecule has 1 heterocycles. The number of hydrogen-bond donors (Lipinski definition) is 1. The molecule has 1 N–H and O–H groups in total. The molecule has 0 fully saturated rings. The van der Waals surface area contributed by atoms with Gasteiger partial charge in [-0.3, -0.25) is 4.98 Å². The van der Waals surface area contributed by atoms with Crippen molar-refractivity contribution in [2.75, 3.05) is 5.88 Å². The minimum atomic E-state index is -0.592. The molecular weight excluding hydrogens is 162 g/mol. The van der Waals surface area contributed by atoms with Gasteiger partial charge < -0.3 is 5.11 Å². The molecule has 1 atom stereocenters. The molecule has 1 rings (SSSR count). The van der Waals surface area contributed by atoms with E-state index in [1.807, 2.05) is 13.0 Å².